The number of aromatic nitrogens is 1. The van der Waals surface area contributed by atoms with Crippen molar-refractivity contribution >= 4 is 32.7 Å². The van der Waals surface area contributed by atoms with E-state index in [4.69, 9.17) is 9.72 Å². The molecule has 5 nitrogen and oxygen atoms in total. The molecular formula is C28H34F3N3O2S. The zero-order valence-corrected chi connectivity index (χ0v) is 22.6. The fraction of sp³-hybridized carbons (Fsp3) is 0.500. The Morgan fingerprint density at radius 3 is 2.62 bits per heavy atom. The maximum absolute atomic E-state index is 13.2. The Bertz CT molecular complexity index is 1240. The number of carbonyl (C=O) groups is 1. The van der Waals surface area contributed by atoms with Crippen LogP contribution in [0.2, 0.25) is 0 Å². The molecule has 0 N–H and O–H groups in total. The van der Waals surface area contributed by atoms with Gasteiger partial charge in [0.2, 0.25) is 0 Å². The number of hydrogen-bond donors (Lipinski definition) is 0. The zero-order valence-electron chi connectivity index (χ0n) is 21.8. The quantitative estimate of drug-likeness (QED) is 0.311. The van der Waals surface area contributed by atoms with Crippen molar-refractivity contribution in [2.24, 2.45) is 5.92 Å². The molecule has 1 aromatic heterocycles. The molecule has 37 heavy (non-hydrogen) atoms. The van der Waals surface area contributed by atoms with Gasteiger partial charge in [-0.3, -0.25) is 9.69 Å². The molecule has 1 aliphatic rings. The molecule has 0 aliphatic carbocycles. The van der Waals surface area contributed by atoms with E-state index in [1.807, 2.05) is 13.0 Å². The van der Waals surface area contributed by atoms with Gasteiger partial charge in [0.05, 0.1) is 28.8 Å². The summed E-state index contributed by atoms with van der Waals surface area (Å²) in [4.78, 5) is 21.4. The van der Waals surface area contributed by atoms with Crippen LogP contribution >= 0.6 is 11.3 Å². The molecule has 2 heterocycles. The number of esters is 1. The summed E-state index contributed by atoms with van der Waals surface area (Å²) in [6.07, 6.45) is -3.14. The molecule has 1 aliphatic heterocycles. The van der Waals surface area contributed by atoms with Crippen molar-refractivity contribution in [3.63, 3.8) is 0 Å². The highest BCUT2D eigenvalue weighted by molar-refractivity contribution is 7.22. The van der Waals surface area contributed by atoms with Crippen LogP contribution < -0.4 is 4.90 Å². The number of nitrogens with zero attached hydrogens (tertiary/aromatic N) is 3. The molecule has 3 aromatic rings. The summed E-state index contributed by atoms with van der Waals surface area (Å²) in [7, 11) is 0. The van der Waals surface area contributed by atoms with Crippen molar-refractivity contribution in [2.75, 3.05) is 31.1 Å². The number of carbonyl (C=O) groups excluding carboxylic acids is 1. The fourth-order valence-corrected chi connectivity index (χ4v) is 6.15. The van der Waals surface area contributed by atoms with E-state index in [-0.39, 0.29) is 18.4 Å². The number of halogens is 3. The third-order valence-electron chi connectivity index (χ3n) is 6.52. The molecule has 200 valence electrons. The molecular weight excluding hydrogens is 499 g/mol. The van der Waals surface area contributed by atoms with Crippen LogP contribution in [0, 0.1) is 12.8 Å². The highest BCUT2D eigenvalue weighted by Crippen LogP contribution is 2.37. The first-order chi connectivity index (χ1) is 17.5. The van der Waals surface area contributed by atoms with E-state index in [0.717, 1.165) is 60.5 Å². The van der Waals surface area contributed by atoms with E-state index in [9.17, 15) is 18.0 Å². The number of piperazine rings is 1. The maximum Gasteiger partial charge on any atom is 0.416 e. The normalized spacial score (nSPS) is 17.1. The molecule has 0 amide bonds. The predicted molar refractivity (Wildman–Crippen MR) is 142 cm³/mol. The van der Waals surface area contributed by atoms with Gasteiger partial charge < -0.3 is 9.64 Å². The molecule has 1 saturated heterocycles. The number of benzene rings is 2. The lowest BCUT2D eigenvalue weighted by molar-refractivity contribution is -0.142. The molecule has 1 atom stereocenters. The predicted octanol–water partition coefficient (Wildman–Crippen LogP) is 6.47. The molecule has 4 rings (SSSR count). The van der Waals surface area contributed by atoms with Crippen molar-refractivity contribution in [2.45, 2.75) is 59.3 Å². The van der Waals surface area contributed by atoms with E-state index in [2.05, 4.69) is 35.8 Å². The molecule has 1 fully saturated rings. The number of anilines is 1. The second kappa shape index (κ2) is 11.4. The minimum atomic E-state index is -4.36. The van der Waals surface area contributed by atoms with Gasteiger partial charge in [-0.05, 0) is 55.5 Å². The summed E-state index contributed by atoms with van der Waals surface area (Å²) in [5, 5.41) is 0.784. The van der Waals surface area contributed by atoms with Crippen LogP contribution in [0.15, 0.2) is 36.4 Å². The molecule has 9 heteroatoms. The minimum absolute atomic E-state index is 0.209. The Morgan fingerprint density at radius 1 is 1.16 bits per heavy atom. The summed E-state index contributed by atoms with van der Waals surface area (Å²) in [6.45, 7) is 11.8. The average Bonchev–Trinajstić information content (AvgIpc) is 3.21. The van der Waals surface area contributed by atoms with E-state index in [1.54, 1.807) is 6.92 Å². The third kappa shape index (κ3) is 7.02. The second-order valence-corrected chi connectivity index (χ2v) is 11.2. The molecule has 0 radical (unpaired) electrons. The van der Waals surface area contributed by atoms with Gasteiger partial charge in [-0.15, -0.1) is 0 Å². The first kappa shape index (κ1) is 27.4. The van der Waals surface area contributed by atoms with Gasteiger partial charge in [-0.25, -0.2) is 4.98 Å². The topological polar surface area (TPSA) is 45.7 Å². The number of hydrogen-bond acceptors (Lipinski definition) is 6. The third-order valence-corrected chi connectivity index (χ3v) is 7.57. The van der Waals surface area contributed by atoms with Gasteiger partial charge in [0, 0.05) is 32.2 Å². The molecule has 0 bridgehead atoms. The first-order valence-electron chi connectivity index (χ1n) is 12.7. The van der Waals surface area contributed by atoms with Gasteiger partial charge in [-0.2, -0.15) is 13.2 Å². The first-order valence-corrected chi connectivity index (χ1v) is 13.5. The Hall–Kier alpha value is -2.65. The van der Waals surface area contributed by atoms with E-state index < -0.39 is 11.7 Å². The van der Waals surface area contributed by atoms with Gasteiger partial charge in [-0.1, -0.05) is 48.9 Å². The largest absolute Gasteiger partial charge is 0.466 e. The Kier molecular flexibility index (Phi) is 8.43. The van der Waals surface area contributed by atoms with Crippen molar-refractivity contribution in [3.05, 3.63) is 58.7 Å². The molecule has 2 aromatic carbocycles. The Morgan fingerprint density at radius 2 is 1.92 bits per heavy atom. The highest BCUT2D eigenvalue weighted by atomic mass is 32.1. The van der Waals surface area contributed by atoms with Crippen molar-refractivity contribution in [1.82, 2.24) is 9.88 Å². The van der Waals surface area contributed by atoms with Crippen molar-refractivity contribution in [1.29, 1.82) is 0 Å². The second-order valence-electron chi connectivity index (χ2n) is 10.2. The van der Waals surface area contributed by atoms with Crippen LogP contribution in [0.25, 0.3) is 10.2 Å². The van der Waals surface area contributed by atoms with Gasteiger partial charge in [0.15, 0.2) is 5.13 Å². The average molecular weight is 534 g/mol. The number of aryl methyl sites for hydroxylation is 1. The smallest absolute Gasteiger partial charge is 0.416 e. The summed E-state index contributed by atoms with van der Waals surface area (Å²) in [6, 6.07) is 10.3. The van der Waals surface area contributed by atoms with Crippen molar-refractivity contribution in [3.8, 4) is 0 Å². The molecule has 0 spiro atoms. The van der Waals surface area contributed by atoms with E-state index in [1.165, 1.54) is 23.5 Å². The van der Waals surface area contributed by atoms with Crippen LogP contribution in [0.3, 0.4) is 0 Å². The Balaban J connectivity index is 1.51. The number of fused-ring (bicyclic) bond motifs is 1. The maximum atomic E-state index is 13.2. The lowest BCUT2D eigenvalue weighted by Crippen LogP contribution is -2.53. The monoisotopic (exact) mass is 533 g/mol. The minimum Gasteiger partial charge on any atom is -0.466 e. The molecule has 0 unspecified atom stereocenters. The summed E-state index contributed by atoms with van der Waals surface area (Å²) in [5.41, 5.74) is 3.20. The number of thiazole rings is 1. The summed E-state index contributed by atoms with van der Waals surface area (Å²) < 4.78 is 45.3. The summed E-state index contributed by atoms with van der Waals surface area (Å²) in [5.74, 6) is 0.247. The SMILES string of the molecule is CCOC(=O)Cc1cc(C)cc(CN2CCN(c3nc4ccc(C(F)(F)F)cc4s3)[C@H](CC(C)C)C2)c1. The van der Waals surface area contributed by atoms with Gasteiger partial charge in [0.25, 0.3) is 0 Å². The van der Waals surface area contributed by atoms with Crippen molar-refractivity contribution < 1.29 is 22.7 Å². The van der Waals surface area contributed by atoms with Crippen LogP contribution in [-0.2, 0) is 28.7 Å². The van der Waals surface area contributed by atoms with Gasteiger partial charge in [0.1, 0.15) is 0 Å². The van der Waals surface area contributed by atoms with E-state index >= 15 is 0 Å². The zero-order chi connectivity index (χ0) is 26.7. The van der Waals surface area contributed by atoms with Crippen LogP contribution in [0.4, 0.5) is 18.3 Å². The molecule has 0 saturated carbocycles. The Labute approximate surface area is 220 Å². The highest BCUT2D eigenvalue weighted by Gasteiger charge is 2.32. The number of ether oxygens (including phenoxy) is 1. The van der Waals surface area contributed by atoms with Gasteiger partial charge >= 0.3 is 12.1 Å². The standard InChI is InChI=1S/C28H34F3N3O2S/c1-5-36-26(35)14-20-11-19(4)12-21(13-20)16-33-8-9-34(23(17-33)10-18(2)3)27-32-24-7-6-22(28(29,30)31)15-25(24)37-27/h6-7,11-13,15,18,23H,5,8-10,14,16-17H2,1-4H3/t23-/m1/s1. The fourth-order valence-electron chi connectivity index (χ4n) is 5.05. The lowest BCUT2D eigenvalue weighted by atomic mass is 9.99. The van der Waals surface area contributed by atoms with Crippen LogP contribution in [0.5, 0.6) is 0 Å². The summed E-state index contributed by atoms with van der Waals surface area (Å²) >= 11 is 1.34. The van der Waals surface area contributed by atoms with E-state index in [0.29, 0.717) is 22.7 Å². The lowest BCUT2D eigenvalue weighted by Gasteiger charge is -2.42. The van der Waals surface area contributed by atoms with Crippen LogP contribution in [0.1, 0.15) is 49.4 Å². The number of rotatable bonds is 8. The van der Waals surface area contributed by atoms with Crippen LogP contribution in [-0.4, -0.2) is 48.1 Å². The number of alkyl halides is 3.